The number of rotatable bonds is 4. The van der Waals surface area contributed by atoms with Crippen LogP contribution in [0.15, 0.2) is 24.4 Å². The molecular weight excluding hydrogens is 164 g/mol. The minimum Gasteiger partial charge on any atom is -0.394 e. The van der Waals surface area contributed by atoms with Crippen LogP contribution in [0.5, 0.6) is 0 Å². The second-order valence-corrected chi connectivity index (χ2v) is 3.39. The van der Waals surface area contributed by atoms with Crippen molar-refractivity contribution in [2.45, 2.75) is 19.9 Å². The van der Waals surface area contributed by atoms with Gasteiger partial charge in [0.2, 0.25) is 0 Å². The maximum atomic E-state index is 9.07. The van der Waals surface area contributed by atoms with Gasteiger partial charge in [0.1, 0.15) is 5.82 Å². The van der Waals surface area contributed by atoms with E-state index in [9.17, 15) is 0 Å². The molecule has 1 unspecified atom stereocenters. The Morgan fingerprint density at radius 2 is 2.23 bits per heavy atom. The summed E-state index contributed by atoms with van der Waals surface area (Å²) >= 11 is 0. The molecule has 0 fully saturated rings. The largest absolute Gasteiger partial charge is 0.394 e. The van der Waals surface area contributed by atoms with Gasteiger partial charge in [0.15, 0.2) is 0 Å². The molecule has 0 bridgehead atoms. The first-order valence-electron chi connectivity index (χ1n) is 4.52. The summed E-state index contributed by atoms with van der Waals surface area (Å²) in [6, 6.07) is 5.76. The van der Waals surface area contributed by atoms with Crippen LogP contribution in [0.25, 0.3) is 0 Å². The maximum absolute atomic E-state index is 9.07. The molecule has 1 atom stereocenters. The topological polar surface area (TPSA) is 45.1 Å². The number of aliphatic hydroxyl groups is 1. The lowest BCUT2D eigenvalue weighted by atomic mass is 10.1. The fourth-order valence-corrected chi connectivity index (χ4v) is 1.06. The molecule has 0 aliphatic carbocycles. The highest BCUT2D eigenvalue weighted by Gasteiger charge is 2.11. The third kappa shape index (κ3) is 3.03. The summed E-state index contributed by atoms with van der Waals surface area (Å²) < 4.78 is 0. The number of nitrogens with one attached hydrogen (secondary N) is 1. The highest BCUT2D eigenvalue weighted by molar-refractivity contribution is 5.34. The minimum atomic E-state index is 0.0786. The zero-order chi connectivity index (χ0) is 9.68. The quantitative estimate of drug-likeness (QED) is 0.738. The molecule has 3 heteroatoms. The lowest BCUT2D eigenvalue weighted by molar-refractivity contribution is 0.249. The van der Waals surface area contributed by atoms with Gasteiger partial charge in [-0.2, -0.15) is 0 Å². The van der Waals surface area contributed by atoms with Crippen LogP contribution < -0.4 is 5.32 Å². The van der Waals surface area contributed by atoms with Crippen LogP contribution in [0.2, 0.25) is 0 Å². The molecule has 0 saturated heterocycles. The normalized spacial score (nSPS) is 12.9. The van der Waals surface area contributed by atoms with Gasteiger partial charge in [0.25, 0.3) is 0 Å². The van der Waals surface area contributed by atoms with Gasteiger partial charge in [-0.3, -0.25) is 0 Å². The van der Waals surface area contributed by atoms with E-state index in [1.807, 2.05) is 18.2 Å². The van der Waals surface area contributed by atoms with Crippen LogP contribution >= 0.6 is 0 Å². The van der Waals surface area contributed by atoms with Crippen molar-refractivity contribution in [3.8, 4) is 0 Å². The molecule has 1 aromatic rings. The van der Waals surface area contributed by atoms with Gasteiger partial charge in [-0.15, -0.1) is 0 Å². The number of aromatic nitrogens is 1. The van der Waals surface area contributed by atoms with Gasteiger partial charge in [-0.25, -0.2) is 4.98 Å². The van der Waals surface area contributed by atoms with E-state index < -0.39 is 0 Å². The van der Waals surface area contributed by atoms with Gasteiger partial charge >= 0.3 is 0 Å². The van der Waals surface area contributed by atoms with Crippen LogP contribution in [0.3, 0.4) is 0 Å². The molecule has 2 N–H and O–H groups in total. The molecule has 1 heterocycles. The van der Waals surface area contributed by atoms with Crippen molar-refractivity contribution in [2.24, 2.45) is 5.92 Å². The van der Waals surface area contributed by atoms with Gasteiger partial charge < -0.3 is 10.4 Å². The predicted octanol–water partition coefficient (Wildman–Crippen LogP) is 1.51. The maximum Gasteiger partial charge on any atom is 0.126 e. The van der Waals surface area contributed by atoms with Crippen LogP contribution in [0, 0.1) is 5.92 Å². The van der Waals surface area contributed by atoms with Crippen molar-refractivity contribution in [2.75, 3.05) is 11.9 Å². The van der Waals surface area contributed by atoms with Gasteiger partial charge in [0, 0.05) is 6.20 Å². The van der Waals surface area contributed by atoms with E-state index in [1.165, 1.54) is 0 Å². The average molecular weight is 180 g/mol. The van der Waals surface area contributed by atoms with Crippen molar-refractivity contribution in [1.82, 2.24) is 4.98 Å². The molecule has 0 aliphatic heterocycles. The van der Waals surface area contributed by atoms with Crippen LogP contribution in [0.1, 0.15) is 13.8 Å². The monoisotopic (exact) mass is 180 g/mol. The Labute approximate surface area is 78.8 Å². The van der Waals surface area contributed by atoms with Crippen molar-refractivity contribution in [3.63, 3.8) is 0 Å². The third-order valence-corrected chi connectivity index (χ3v) is 2.00. The van der Waals surface area contributed by atoms with Crippen LogP contribution in [-0.2, 0) is 0 Å². The van der Waals surface area contributed by atoms with Crippen molar-refractivity contribution >= 4 is 5.82 Å². The lowest BCUT2D eigenvalue weighted by Gasteiger charge is -2.20. The van der Waals surface area contributed by atoms with E-state index in [-0.39, 0.29) is 12.6 Å². The summed E-state index contributed by atoms with van der Waals surface area (Å²) in [5.74, 6) is 1.21. The predicted molar refractivity (Wildman–Crippen MR) is 53.6 cm³/mol. The molecule has 1 aromatic heterocycles. The van der Waals surface area contributed by atoms with E-state index in [2.05, 4.69) is 24.1 Å². The number of hydrogen-bond donors (Lipinski definition) is 2. The molecule has 0 aromatic carbocycles. The smallest absolute Gasteiger partial charge is 0.126 e. The number of hydrogen-bond acceptors (Lipinski definition) is 3. The first kappa shape index (κ1) is 9.99. The Bertz CT molecular complexity index is 236. The Morgan fingerprint density at radius 1 is 1.46 bits per heavy atom. The summed E-state index contributed by atoms with van der Waals surface area (Å²) in [5, 5.41) is 12.2. The van der Waals surface area contributed by atoms with Crippen molar-refractivity contribution in [3.05, 3.63) is 24.4 Å². The Kier molecular flexibility index (Phi) is 3.71. The lowest BCUT2D eigenvalue weighted by Crippen LogP contribution is -2.29. The average Bonchev–Trinajstić information content (AvgIpc) is 2.15. The number of anilines is 1. The van der Waals surface area contributed by atoms with E-state index in [4.69, 9.17) is 5.11 Å². The molecular formula is C10H16N2O. The Balaban J connectivity index is 2.57. The molecule has 0 saturated carbocycles. The van der Waals surface area contributed by atoms with E-state index in [0.29, 0.717) is 5.92 Å². The minimum absolute atomic E-state index is 0.0786. The molecule has 72 valence electrons. The van der Waals surface area contributed by atoms with Gasteiger partial charge in [0.05, 0.1) is 12.6 Å². The molecule has 0 spiro atoms. The molecule has 13 heavy (non-hydrogen) atoms. The number of aliphatic hydroxyl groups excluding tert-OH is 1. The van der Waals surface area contributed by atoms with E-state index in [0.717, 1.165) is 5.82 Å². The summed E-state index contributed by atoms with van der Waals surface area (Å²) in [5.41, 5.74) is 0. The Morgan fingerprint density at radius 3 is 2.69 bits per heavy atom. The highest BCUT2D eigenvalue weighted by Crippen LogP contribution is 2.08. The summed E-state index contributed by atoms with van der Waals surface area (Å²) in [4.78, 5) is 4.13. The fourth-order valence-electron chi connectivity index (χ4n) is 1.06. The zero-order valence-electron chi connectivity index (χ0n) is 8.07. The second kappa shape index (κ2) is 4.82. The molecule has 3 nitrogen and oxygen atoms in total. The van der Waals surface area contributed by atoms with Crippen molar-refractivity contribution in [1.29, 1.82) is 0 Å². The van der Waals surface area contributed by atoms with Gasteiger partial charge in [-0.1, -0.05) is 19.9 Å². The molecule has 0 radical (unpaired) electrons. The second-order valence-electron chi connectivity index (χ2n) is 3.39. The van der Waals surface area contributed by atoms with Gasteiger partial charge in [-0.05, 0) is 18.1 Å². The number of pyridine rings is 1. The molecule has 1 rings (SSSR count). The zero-order valence-corrected chi connectivity index (χ0v) is 8.07. The summed E-state index contributed by atoms with van der Waals surface area (Å²) in [6.07, 6.45) is 1.73. The fraction of sp³-hybridized carbons (Fsp3) is 0.500. The molecule has 0 aliphatic rings. The molecule has 0 amide bonds. The highest BCUT2D eigenvalue weighted by atomic mass is 16.3. The number of nitrogens with zero attached hydrogens (tertiary/aromatic N) is 1. The van der Waals surface area contributed by atoms with E-state index in [1.54, 1.807) is 6.20 Å². The van der Waals surface area contributed by atoms with Crippen molar-refractivity contribution < 1.29 is 5.11 Å². The van der Waals surface area contributed by atoms with Crippen LogP contribution in [-0.4, -0.2) is 22.7 Å². The third-order valence-electron chi connectivity index (χ3n) is 2.00. The van der Waals surface area contributed by atoms with Crippen LogP contribution in [0.4, 0.5) is 5.82 Å². The SMILES string of the molecule is CC(C)C(CO)Nc1ccccn1. The Hall–Kier alpha value is -1.09. The standard InChI is InChI=1S/C10H16N2O/c1-8(2)9(7-13)12-10-5-3-4-6-11-10/h3-6,8-9,13H,7H2,1-2H3,(H,11,12). The summed E-state index contributed by atoms with van der Waals surface area (Å²) in [7, 11) is 0. The van der Waals surface area contributed by atoms with E-state index >= 15 is 0 Å². The first-order valence-corrected chi connectivity index (χ1v) is 4.52. The first-order chi connectivity index (χ1) is 6.24. The summed E-state index contributed by atoms with van der Waals surface area (Å²) in [6.45, 7) is 4.27.